The molecule has 2 N–H and O–H groups in total. The largest absolute Gasteiger partial charge is 0.399 e. The number of aryl methyl sites for hydroxylation is 1. The first-order valence-electron chi connectivity index (χ1n) is 4.67. The van der Waals surface area contributed by atoms with Gasteiger partial charge in [-0.05, 0) is 49.4 Å². The van der Waals surface area contributed by atoms with Crippen LogP contribution in [0, 0.1) is 0 Å². The van der Waals surface area contributed by atoms with Gasteiger partial charge in [0.15, 0.2) is 0 Å². The molecule has 1 aromatic rings. The molecule has 0 heterocycles. The maximum atomic E-state index is 14.0. The number of benzene rings is 1. The van der Waals surface area contributed by atoms with Crippen LogP contribution < -0.4 is 5.73 Å². The van der Waals surface area contributed by atoms with Crippen molar-refractivity contribution in [3.05, 3.63) is 29.3 Å². The number of nitrogens with two attached hydrogens (primary N) is 1. The smallest absolute Gasteiger partial charge is 0.133 e. The third-order valence-corrected chi connectivity index (χ3v) is 2.78. The lowest BCUT2D eigenvalue weighted by atomic mass is 9.81. The Morgan fingerprint density at radius 3 is 3.00 bits per heavy atom. The highest BCUT2D eigenvalue weighted by molar-refractivity contribution is 5.47. The Bertz CT molecular complexity index is 331. The molecular formula is C11H14FN. The molecule has 1 aliphatic rings. The third kappa shape index (κ3) is 1.41. The number of halogens is 1. The van der Waals surface area contributed by atoms with Gasteiger partial charge in [0.2, 0.25) is 0 Å². The van der Waals surface area contributed by atoms with Gasteiger partial charge in [-0.1, -0.05) is 6.07 Å². The number of rotatable bonds is 0. The zero-order chi connectivity index (χ0) is 9.47. The van der Waals surface area contributed by atoms with Gasteiger partial charge in [-0.25, -0.2) is 4.39 Å². The number of hydrogen-bond donors (Lipinski definition) is 1. The van der Waals surface area contributed by atoms with Crippen LogP contribution in [-0.4, -0.2) is 0 Å². The van der Waals surface area contributed by atoms with Crippen molar-refractivity contribution in [3.63, 3.8) is 0 Å². The Labute approximate surface area is 77.8 Å². The Kier molecular flexibility index (Phi) is 1.79. The van der Waals surface area contributed by atoms with Gasteiger partial charge in [-0.15, -0.1) is 0 Å². The zero-order valence-corrected chi connectivity index (χ0v) is 7.81. The average molecular weight is 179 g/mol. The standard InChI is InChI=1S/C11H14FN/c1-11(12)6-2-3-8-7-9(13)4-5-10(8)11/h4-5,7H,2-3,6,13H2,1H3. The van der Waals surface area contributed by atoms with Gasteiger partial charge in [0.25, 0.3) is 0 Å². The van der Waals surface area contributed by atoms with E-state index in [1.807, 2.05) is 12.1 Å². The van der Waals surface area contributed by atoms with E-state index in [-0.39, 0.29) is 0 Å². The highest BCUT2D eigenvalue weighted by Gasteiger charge is 2.31. The number of alkyl halides is 1. The van der Waals surface area contributed by atoms with Crippen LogP contribution in [0.25, 0.3) is 0 Å². The fraction of sp³-hybridized carbons (Fsp3) is 0.455. The summed E-state index contributed by atoms with van der Waals surface area (Å²) in [5.41, 5.74) is 7.14. The highest BCUT2D eigenvalue weighted by atomic mass is 19.1. The van der Waals surface area contributed by atoms with Crippen molar-refractivity contribution in [2.45, 2.75) is 31.9 Å². The molecule has 1 atom stereocenters. The second-order valence-electron chi connectivity index (χ2n) is 3.97. The van der Waals surface area contributed by atoms with E-state index in [1.54, 1.807) is 13.0 Å². The SMILES string of the molecule is CC1(F)CCCc2cc(N)ccc21. The summed E-state index contributed by atoms with van der Waals surface area (Å²) in [6, 6.07) is 5.50. The minimum absolute atomic E-state index is 0.629. The molecule has 2 rings (SSSR count). The van der Waals surface area contributed by atoms with E-state index in [0.29, 0.717) is 6.42 Å². The van der Waals surface area contributed by atoms with Crippen LogP contribution in [-0.2, 0) is 12.1 Å². The van der Waals surface area contributed by atoms with Crippen molar-refractivity contribution < 1.29 is 4.39 Å². The normalized spacial score (nSPS) is 26.9. The van der Waals surface area contributed by atoms with Gasteiger partial charge in [0.05, 0.1) is 0 Å². The molecule has 1 aromatic carbocycles. The lowest BCUT2D eigenvalue weighted by molar-refractivity contribution is 0.162. The molecule has 1 aliphatic carbocycles. The van der Waals surface area contributed by atoms with Crippen molar-refractivity contribution in [2.24, 2.45) is 0 Å². The summed E-state index contributed by atoms with van der Waals surface area (Å²) in [4.78, 5) is 0. The lowest BCUT2D eigenvalue weighted by Crippen LogP contribution is -2.22. The minimum atomic E-state index is -1.15. The van der Waals surface area contributed by atoms with Crippen LogP contribution in [0.1, 0.15) is 30.9 Å². The molecule has 0 amide bonds. The fourth-order valence-electron chi connectivity index (χ4n) is 2.07. The van der Waals surface area contributed by atoms with Crippen molar-refractivity contribution in [1.82, 2.24) is 0 Å². The molecule has 2 heteroatoms. The summed E-state index contributed by atoms with van der Waals surface area (Å²) in [5.74, 6) is 0. The van der Waals surface area contributed by atoms with Crippen molar-refractivity contribution in [1.29, 1.82) is 0 Å². The van der Waals surface area contributed by atoms with E-state index < -0.39 is 5.67 Å². The summed E-state index contributed by atoms with van der Waals surface area (Å²) in [6.07, 6.45) is 2.51. The molecule has 70 valence electrons. The minimum Gasteiger partial charge on any atom is -0.399 e. The summed E-state index contributed by atoms with van der Waals surface area (Å²) < 4.78 is 14.0. The first kappa shape index (κ1) is 8.54. The van der Waals surface area contributed by atoms with Crippen molar-refractivity contribution in [3.8, 4) is 0 Å². The molecule has 0 spiro atoms. The van der Waals surface area contributed by atoms with E-state index in [1.165, 1.54) is 0 Å². The van der Waals surface area contributed by atoms with Gasteiger partial charge in [-0.3, -0.25) is 0 Å². The lowest BCUT2D eigenvalue weighted by Gasteiger charge is -2.28. The van der Waals surface area contributed by atoms with Crippen molar-refractivity contribution in [2.75, 3.05) is 5.73 Å². The van der Waals surface area contributed by atoms with Crippen LogP contribution >= 0.6 is 0 Å². The fourth-order valence-corrected chi connectivity index (χ4v) is 2.07. The van der Waals surface area contributed by atoms with Crippen LogP contribution in [0.15, 0.2) is 18.2 Å². The van der Waals surface area contributed by atoms with Gasteiger partial charge < -0.3 is 5.73 Å². The number of anilines is 1. The van der Waals surface area contributed by atoms with Gasteiger partial charge in [-0.2, -0.15) is 0 Å². The summed E-state index contributed by atoms with van der Waals surface area (Å²) in [7, 11) is 0. The monoisotopic (exact) mass is 179 g/mol. The van der Waals surface area contributed by atoms with Crippen LogP contribution in [0.4, 0.5) is 10.1 Å². The average Bonchev–Trinajstić information content (AvgIpc) is 2.02. The molecule has 0 aromatic heterocycles. The predicted octanol–water partition coefficient (Wildman–Crippen LogP) is 2.79. The quantitative estimate of drug-likeness (QED) is 0.609. The summed E-state index contributed by atoms with van der Waals surface area (Å²) >= 11 is 0. The Morgan fingerprint density at radius 1 is 1.46 bits per heavy atom. The van der Waals surface area contributed by atoms with Gasteiger partial charge >= 0.3 is 0 Å². The highest BCUT2D eigenvalue weighted by Crippen LogP contribution is 2.38. The maximum Gasteiger partial charge on any atom is 0.133 e. The summed E-state index contributed by atoms with van der Waals surface area (Å²) in [5, 5.41) is 0. The number of fused-ring (bicyclic) bond motifs is 1. The second-order valence-corrected chi connectivity index (χ2v) is 3.97. The van der Waals surface area contributed by atoms with E-state index in [2.05, 4.69) is 0 Å². The Balaban J connectivity index is 2.53. The molecule has 13 heavy (non-hydrogen) atoms. The van der Waals surface area contributed by atoms with Crippen LogP contribution in [0.3, 0.4) is 0 Å². The van der Waals surface area contributed by atoms with E-state index in [9.17, 15) is 4.39 Å². The Hall–Kier alpha value is -1.05. The zero-order valence-electron chi connectivity index (χ0n) is 7.81. The molecule has 0 saturated heterocycles. The molecule has 1 nitrogen and oxygen atoms in total. The van der Waals surface area contributed by atoms with E-state index >= 15 is 0 Å². The van der Waals surface area contributed by atoms with E-state index in [0.717, 1.165) is 29.7 Å². The second kappa shape index (κ2) is 2.72. The molecule has 0 saturated carbocycles. The topological polar surface area (TPSA) is 26.0 Å². The first-order valence-corrected chi connectivity index (χ1v) is 4.67. The Morgan fingerprint density at radius 2 is 2.23 bits per heavy atom. The molecule has 0 aliphatic heterocycles. The summed E-state index contributed by atoms with van der Waals surface area (Å²) in [6.45, 7) is 1.65. The van der Waals surface area contributed by atoms with E-state index in [4.69, 9.17) is 5.73 Å². The van der Waals surface area contributed by atoms with Crippen molar-refractivity contribution >= 4 is 5.69 Å². The molecule has 1 unspecified atom stereocenters. The van der Waals surface area contributed by atoms with Crippen LogP contribution in [0.2, 0.25) is 0 Å². The van der Waals surface area contributed by atoms with Gasteiger partial charge in [0.1, 0.15) is 5.67 Å². The first-order chi connectivity index (χ1) is 6.09. The maximum absolute atomic E-state index is 14.0. The molecular weight excluding hydrogens is 165 g/mol. The molecule has 0 fully saturated rings. The predicted molar refractivity (Wildman–Crippen MR) is 52.3 cm³/mol. The van der Waals surface area contributed by atoms with Gasteiger partial charge in [0, 0.05) is 5.69 Å². The van der Waals surface area contributed by atoms with Crippen LogP contribution in [0.5, 0.6) is 0 Å². The third-order valence-electron chi connectivity index (χ3n) is 2.78. The molecule has 0 bridgehead atoms. The molecule has 0 radical (unpaired) electrons. The number of nitrogen functional groups attached to an aromatic ring is 1. The number of hydrogen-bond acceptors (Lipinski definition) is 1.